The monoisotopic (exact) mass is 296 g/mol. The van der Waals surface area contributed by atoms with Crippen LogP contribution >= 0.6 is 23.1 Å². The number of hydrogen-bond acceptors (Lipinski definition) is 4. The van der Waals surface area contributed by atoms with Gasteiger partial charge in [-0.1, -0.05) is 6.07 Å². The number of halogens is 1. The third-order valence-corrected chi connectivity index (χ3v) is 4.76. The van der Waals surface area contributed by atoms with Gasteiger partial charge in [-0.15, -0.1) is 23.1 Å². The van der Waals surface area contributed by atoms with Crippen molar-refractivity contribution in [2.75, 3.05) is 12.8 Å². The topological polar surface area (TPSA) is 24.9 Å². The van der Waals surface area contributed by atoms with E-state index in [9.17, 15) is 4.39 Å². The van der Waals surface area contributed by atoms with E-state index in [-0.39, 0.29) is 5.82 Å². The lowest BCUT2D eigenvalue weighted by molar-refractivity contribution is 0.609. The maximum absolute atomic E-state index is 13.1. The Kier molecular flexibility index (Phi) is 5.36. The summed E-state index contributed by atoms with van der Waals surface area (Å²) in [5, 5.41) is 6.50. The average Bonchev–Trinajstić information content (AvgIpc) is 2.80. The van der Waals surface area contributed by atoms with Gasteiger partial charge in [0.15, 0.2) is 0 Å². The third kappa shape index (κ3) is 4.60. The van der Waals surface area contributed by atoms with Crippen LogP contribution in [0.4, 0.5) is 4.39 Å². The number of thioether (sulfide) groups is 1. The standard InChI is InChI=1S/C14H17FN2S2/c1-10-17-13(9-18-10)7-12(16-2)8-19-14-5-3-4-11(15)6-14/h3-6,9,12,16H,7-8H2,1-2H3. The summed E-state index contributed by atoms with van der Waals surface area (Å²) in [6, 6.07) is 7.07. The first-order valence-corrected chi connectivity index (χ1v) is 8.00. The minimum absolute atomic E-state index is 0.180. The number of thiazole rings is 1. The van der Waals surface area contributed by atoms with Crippen LogP contribution in [0.5, 0.6) is 0 Å². The maximum Gasteiger partial charge on any atom is 0.124 e. The summed E-state index contributed by atoms with van der Waals surface area (Å²) in [5.74, 6) is 0.720. The molecule has 2 rings (SSSR count). The van der Waals surface area contributed by atoms with Gasteiger partial charge in [0.25, 0.3) is 0 Å². The predicted molar refractivity (Wildman–Crippen MR) is 80.5 cm³/mol. The van der Waals surface area contributed by atoms with Gasteiger partial charge in [0, 0.05) is 28.5 Å². The fraction of sp³-hybridized carbons (Fsp3) is 0.357. The quantitative estimate of drug-likeness (QED) is 0.826. The van der Waals surface area contributed by atoms with E-state index < -0.39 is 0 Å². The summed E-state index contributed by atoms with van der Waals surface area (Å²) in [7, 11) is 1.95. The normalized spacial score (nSPS) is 12.6. The van der Waals surface area contributed by atoms with Crippen LogP contribution in [-0.4, -0.2) is 23.8 Å². The molecular weight excluding hydrogens is 279 g/mol. The van der Waals surface area contributed by atoms with Crippen molar-refractivity contribution in [3.63, 3.8) is 0 Å². The molecule has 1 unspecified atom stereocenters. The van der Waals surface area contributed by atoms with Gasteiger partial charge in [-0.3, -0.25) is 0 Å². The summed E-state index contributed by atoms with van der Waals surface area (Å²) >= 11 is 3.34. The van der Waals surface area contributed by atoms with Crippen molar-refractivity contribution in [1.82, 2.24) is 10.3 Å². The molecular formula is C14H17FN2S2. The zero-order chi connectivity index (χ0) is 13.7. The molecule has 0 bridgehead atoms. The molecule has 2 nitrogen and oxygen atoms in total. The van der Waals surface area contributed by atoms with Crippen LogP contribution in [0.25, 0.3) is 0 Å². The number of hydrogen-bond donors (Lipinski definition) is 1. The molecule has 1 N–H and O–H groups in total. The first-order chi connectivity index (χ1) is 9.17. The van der Waals surface area contributed by atoms with E-state index in [1.807, 2.05) is 20.0 Å². The van der Waals surface area contributed by atoms with E-state index in [1.54, 1.807) is 35.2 Å². The maximum atomic E-state index is 13.1. The predicted octanol–water partition coefficient (Wildman–Crippen LogP) is 3.51. The van der Waals surface area contributed by atoms with E-state index in [0.717, 1.165) is 27.8 Å². The minimum atomic E-state index is -0.180. The van der Waals surface area contributed by atoms with E-state index in [2.05, 4.69) is 15.7 Å². The SMILES string of the molecule is CNC(CSc1cccc(F)c1)Cc1csc(C)n1. The van der Waals surface area contributed by atoms with Crippen molar-refractivity contribution >= 4 is 23.1 Å². The highest BCUT2D eigenvalue weighted by Crippen LogP contribution is 2.20. The Hall–Kier alpha value is -0.910. The van der Waals surface area contributed by atoms with E-state index in [4.69, 9.17) is 0 Å². The van der Waals surface area contributed by atoms with Crippen LogP contribution in [0.3, 0.4) is 0 Å². The summed E-state index contributed by atoms with van der Waals surface area (Å²) in [6.45, 7) is 2.02. The highest BCUT2D eigenvalue weighted by Gasteiger charge is 2.10. The summed E-state index contributed by atoms with van der Waals surface area (Å²) in [5.41, 5.74) is 1.13. The first-order valence-electron chi connectivity index (χ1n) is 6.14. The van der Waals surface area contributed by atoms with Crippen LogP contribution in [0.1, 0.15) is 10.7 Å². The zero-order valence-corrected chi connectivity index (χ0v) is 12.7. The molecule has 1 atom stereocenters. The Labute approximate surface area is 121 Å². The Morgan fingerprint density at radius 3 is 2.95 bits per heavy atom. The highest BCUT2D eigenvalue weighted by molar-refractivity contribution is 7.99. The van der Waals surface area contributed by atoms with Crippen LogP contribution in [0.15, 0.2) is 34.5 Å². The second-order valence-corrected chi connectivity index (χ2v) is 6.47. The van der Waals surface area contributed by atoms with Crippen molar-refractivity contribution in [1.29, 1.82) is 0 Å². The lowest BCUT2D eigenvalue weighted by atomic mass is 10.2. The molecule has 102 valence electrons. The fourth-order valence-corrected chi connectivity index (χ4v) is 3.43. The number of likely N-dealkylation sites (N-methyl/N-ethyl adjacent to an activating group) is 1. The van der Waals surface area contributed by atoms with Crippen LogP contribution in [0.2, 0.25) is 0 Å². The second kappa shape index (κ2) is 7.03. The van der Waals surface area contributed by atoms with E-state index in [1.165, 1.54) is 6.07 Å². The summed E-state index contributed by atoms with van der Waals surface area (Å²) in [6.07, 6.45) is 0.906. The number of nitrogens with one attached hydrogen (secondary N) is 1. The van der Waals surface area contributed by atoms with Gasteiger partial charge in [0.1, 0.15) is 5.82 Å². The smallest absolute Gasteiger partial charge is 0.124 e. The fourth-order valence-electron chi connectivity index (χ4n) is 1.75. The number of aromatic nitrogens is 1. The Morgan fingerprint density at radius 1 is 1.47 bits per heavy atom. The van der Waals surface area contributed by atoms with Gasteiger partial charge in [-0.25, -0.2) is 9.37 Å². The minimum Gasteiger partial charge on any atom is -0.316 e. The molecule has 0 saturated carbocycles. The molecule has 0 aliphatic rings. The molecule has 0 radical (unpaired) electrons. The van der Waals surface area contributed by atoms with Gasteiger partial charge in [-0.05, 0) is 32.2 Å². The van der Waals surface area contributed by atoms with E-state index >= 15 is 0 Å². The van der Waals surface area contributed by atoms with Crippen LogP contribution in [-0.2, 0) is 6.42 Å². The van der Waals surface area contributed by atoms with Crippen molar-refractivity contribution in [2.24, 2.45) is 0 Å². The number of aryl methyl sites for hydroxylation is 1. The first kappa shape index (κ1) is 14.5. The molecule has 0 spiro atoms. The van der Waals surface area contributed by atoms with Crippen molar-refractivity contribution in [2.45, 2.75) is 24.3 Å². The van der Waals surface area contributed by atoms with Crippen LogP contribution in [0, 0.1) is 12.7 Å². The molecule has 0 aliphatic heterocycles. The Balaban J connectivity index is 1.89. The van der Waals surface area contributed by atoms with E-state index in [0.29, 0.717) is 6.04 Å². The number of benzene rings is 1. The zero-order valence-electron chi connectivity index (χ0n) is 11.0. The molecule has 2 aromatic rings. The lowest BCUT2D eigenvalue weighted by Crippen LogP contribution is -2.30. The number of rotatable bonds is 6. The molecule has 0 saturated heterocycles. The van der Waals surface area contributed by atoms with Gasteiger partial charge in [0.2, 0.25) is 0 Å². The summed E-state index contributed by atoms with van der Waals surface area (Å²) < 4.78 is 13.1. The molecule has 19 heavy (non-hydrogen) atoms. The van der Waals surface area contributed by atoms with Crippen molar-refractivity contribution in [3.8, 4) is 0 Å². The summed E-state index contributed by atoms with van der Waals surface area (Å²) in [4.78, 5) is 5.44. The Bertz CT molecular complexity index is 528. The molecule has 0 fully saturated rings. The molecule has 1 heterocycles. The highest BCUT2D eigenvalue weighted by atomic mass is 32.2. The molecule has 1 aromatic carbocycles. The lowest BCUT2D eigenvalue weighted by Gasteiger charge is -2.14. The van der Waals surface area contributed by atoms with Crippen molar-refractivity contribution < 1.29 is 4.39 Å². The average molecular weight is 296 g/mol. The molecule has 5 heteroatoms. The molecule has 1 aromatic heterocycles. The second-order valence-electron chi connectivity index (χ2n) is 4.32. The Morgan fingerprint density at radius 2 is 2.32 bits per heavy atom. The van der Waals surface area contributed by atoms with Gasteiger partial charge in [-0.2, -0.15) is 0 Å². The van der Waals surface area contributed by atoms with Gasteiger partial charge in [0.05, 0.1) is 10.7 Å². The molecule has 0 aliphatic carbocycles. The van der Waals surface area contributed by atoms with Crippen LogP contribution < -0.4 is 5.32 Å². The largest absolute Gasteiger partial charge is 0.316 e. The number of nitrogens with zero attached hydrogens (tertiary/aromatic N) is 1. The van der Waals surface area contributed by atoms with Gasteiger partial charge < -0.3 is 5.32 Å². The molecule has 0 amide bonds. The third-order valence-electron chi connectivity index (χ3n) is 2.78. The van der Waals surface area contributed by atoms with Crippen molar-refractivity contribution in [3.05, 3.63) is 46.2 Å². The van der Waals surface area contributed by atoms with Gasteiger partial charge >= 0.3 is 0 Å².